The number of fused-ring (bicyclic) bond motifs is 1. The van der Waals surface area contributed by atoms with Crippen molar-refractivity contribution in [1.29, 1.82) is 0 Å². The van der Waals surface area contributed by atoms with Gasteiger partial charge in [0.15, 0.2) is 5.78 Å². The SMILES string of the molecule is O=C(Cn1cnc2sccc2c1=O)c1ccc[nH]1. The van der Waals surface area contributed by atoms with E-state index >= 15 is 0 Å². The van der Waals surface area contributed by atoms with Gasteiger partial charge in [0.1, 0.15) is 4.83 Å². The first-order chi connectivity index (χ1) is 8.75. The van der Waals surface area contributed by atoms with Crippen LogP contribution in [0.4, 0.5) is 0 Å². The topological polar surface area (TPSA) is 67.8 Å². The molecule has 18 heavy (non-hydrogen) atoms. The molecule has 0 unspecified atom stereocenters. The molecule has 0 aliphatic carbocycles. The minimum atomic E-state index is -0.179. The van der Waals surface area contributed by atoms with Gasteiger partial charge in [-0.15, -0.1) is 11.3 Å². The van der Waals surface area contributed by atoms with E-state index in [4.69, 9.17) is 0 Å². The summed E-state index contributed by atoms with van der Waals surface area (Å²) in [5.74, 6) is -0.140. The number of carbonyl (C=O) groups is 1. The van der Waals surface area contributed by atoms with E-state index < -0.39 is 0 Å². The van der Waals surface area contributed by atoms with Crippen LogP contribution in [-0.2, 0) is 6.54 Å². The highest BCUT2D eigenvalue weighted by Gasteiger charge is 2.10. The van der Waals surface area contributed by atoms with Crippen molar-refractivity contribution < 1.29 is 4.79 Å². The van der Waals surface area contributed by atoms with Crippen LogP contribution in [-0.4, -0.2) is 20.3 Å². The quantitative estimate of drug-likeness (QED) is 0.727. The van der Waals surface area contributed by atoms with E-state index in [0.717, 1.165) is 0 Å². The van der Waals surface area contributed by atoms with Crippen LogP contribution in [0.25, 0.3) is 10.2 Å². The standard InChI is InChI=1S/C12H9N3O2S/c16-10(9-2-1-4-13-9)6-15-7-14-11-8(12(15)17)3-5-18-11/h1-5,7,13H,6H2. The minimum absolute atomic E-state index is 0.00185. The highest BCUT2D eigenvalue weighted by atomic mass is 32.1. The van der Waals surface area contributed by atoms with Crippen LogP contribution >= 0.6 is 11.3 Å². The molecule has 90 valence electrons. The summed E-state index contributed by atoms with van der Waals surface area (Å²) in [6, 6.07) is 5.16. The van der Waals surface area contributed by atoms with E-state index in [-0.39, 0.29) is 17.9 Å². The fourth-order valence-corrected chi connectivity index (χ4v) is 2.47. The number of hydrogen-bond acceptors (Lipinski definition) is 4. The van der Waals surface area contributed by atoms with Gasteiger partial charge in [-0.3, -0.25) is 14.2 Å². The predicted octanol–water partition coefficient (Wildman–Crippen LogP) is 1.67. The van der Waals surface area contributed by atoms with Gasteiger partial charge in [0.25, 0.3) is 5.56 Å². The Hall–Kier alpha value is -2.21. The predicted molar refractivity (Wildman–Crippen MR) is 69.0 cm³/mol. The maximum atomic E-state index is 12.1. The number of nitrogens with zero attached hydrogens (tertiary/aromatic N) is 2. The number of Topliss-reactive ketones (excluding diaryl/α,β-unsaturated/α-hetero) is 1. The molecule has 0 fully saturated rings. The van der Waals surface area contributed by atoms with Gasteiger partial charge in [0, 0.05) is 6.20 Å². The third-order valence-corrected chi connectivity index (χ3v) is 3.48. The highest BCUT2D eigenvalue weighted by molar-refractivity contribution is 7.16. The molecule has 0 saturated heterocycles. The molecule has 0 amide bonds. The van der Waals surface area contributed by atoms with Crippen molar-refractivity contribution in [3.05, 3.63) is 52.2 Å². The molecular weight excluding hydrogens is 250 g/mol. The Balaban J connectivity index is 1.98. The number of thiophene rings is 1. The van der Waals surface area contributed by atoms with Gasteiger partial charge in [0.2, 0.25) is 0 Å². The van der Waals surface area contributed by atoms with Crippen LogP contribution in [0, 0.1) is 0 Å². The summed E-state index contributed by atoms with van der Waals surface area (Å²) in [6.45, 7) is -0.00185. The molecule has 0 aromatic carbocycles. The molecule has 6 heteroatoms. The second kappa shape index (κ2) is 4.23. The molecule has 0 radical (unpaired) electrons. The number of ketones is 1. The molecular formula is C12H9N3O2S. The summed E-state index contributed by atoms with van der Waals surface area (Å²) in [6.07, 6.45) is 3.10. The Morgan fingerprint density at radius 2 is 2.33 bits per heavy atom. The van der Waals surface area contributed by atoms with Crippen LogP contribution < -0.4 is 5.56 Å². The summed E-state index contributed by atoms with van der Waals surface area (Å²) < 4.78 is 1.33. The van der Waals surface area contributed by atoms with E-state index in [0.29, 0.717) is 15.9 Å². The number of aromatic nitrogens is 3. The lowest BCUT2D eigenvalue weighted by atomic mass is 10.3. The van der Waals surface area contributed by atoms with Crippen molar-refractivity contribution in [3.8, 4) is 0 Å². The van der Waals surface area contributed by atoms with E-state index in [9.17, 15) is 9.59 Å². The monoisotopic (exact) mass is 259 g/mol. The molecule has 0 aliphatic rings. The summed E-state index contributed by atoms with van der Waals surface area (Å²) in [7, 11) is 0. The third kappa shape index (κ3) is 1.76. The molecule has 3 aromatic heterocycles. The van der Waals surface area contributed by atoms with Crippen LogP contribution in [0.5, 0.6) is 0 Å². The minimum Gasteiger partial charge on any atom is -0.359 e. The molecule has 1 N–H and O–H groups in total. The first-order valence-electron chi connectivity index (χ1n) is 5.35. The van der Waals surface area contributed by atoms with E-state index in [1.54, 1.807) is 24.4 Å². The molecule has 3 aromatic rings. The third-order valence-electron chi connectivity index (χ3n) is 2.66. The normalized spacial score (nSPS) is 10.9. The molecule has 3 rings (SSSR count). The smallest absolute Gasteiger partial charge is 0.262 e. The summed E-state index contributed by atoms with van der Waals surface area (Å²) in [5, 5.41) is 2.37. The first kappa shape index (κ1) is 10.9. The maximum absolute atomic E-state index is 12.1. The Morgan fingerprint density at radius 3 is 3.11 bits per heavy atom. The molecule has 0 aliphatic heterocycles. The van der Waals surface area contributed by atoms with E-state index in [1.807, 2.05) is 5.38 Å². The molecule has 3 heterocycles. The van der Waals surface area contributed by atoms with Gasteiger partial charge >= 0.3 is 0 Å². The molecule has 5 nitrogen and oxygen atoms in total. The fraction of sp³-hybridized carbons (Fsp3) is 0.0833. The van der Waals surface area contributed by atoms with Crippen molar-refractivity contribution >= 4 is 27.3 Å². The summed E-state index contributed by atoms with van der Waals surface area (Å²) in [5.41, 5.74) is 0.313. The van der Waals surface area contributed by atoms with Crippen LogP contribution in [0.3, 0.4) is 0 Å². The Kier molecular flexibility index (Phi) is 2.56. The van der Waals surface area contributed by atoms with Gasteiger partial charge in [0.05, 0.1) is 24.0 Å². The molecule has 0 atom stereocenters. The van der Waals surface area contributed by atoms with E-state index in [2.05, 4.69) is 9.97 Å². The first-order valence-corrected chi connectivity index (χ1v) is 6.23. The fourth-order valence-electron chi connectivity index (χ4n) is 1.75. The Morgan fingerprint density at radius 1 is 1.44 bits per heavy atom. The largest absolute Gasteiger partial charge is 0.359 e. The van der Waals surface area contributed by atoms with E-state index in [1.165, 1.54) is 22.2 Å². The Bertz CT molecular complexity index is 755. The average Bonchev–Trinajstić information content (AvgIpc) is 3.02. The Labute approximate surface area is 106 Å². The number of rotatable bonds is 3. The van der Waals surface area contributed by atoms with Gasteiger partial charge in [-0.25, -0.2) is 4.98 Å². The zero-order chi connectivity index (χ0) is 12.5. The number of hydrogen-bond donors (Lipinski definition) is 1. The lowest BCUT2D eigenvalue weighted by molar-refractivity contribution is 0.0966. The average molecular weight is 259 g/mol. The van der Waals surface area contributed by atoms with Crippen molar-refractivity contribution in [3.63, 3.8) is 0 Å². The maximum Gasteiger partial charge on any atom is 0.262 e. The van der Waals surface area contributed by atoms with Gasteiger partial charge in [-0.1, -0.05) is 0 Å². The second-order valence-electron chi connectivity index (χ2n) is 3.82. The van der Waals surface area contributed by atoms with Crippen molar-refractivity contribution in [2.75, 3.05) is 0 Å². The van der Waals surface area contributed by atoms with Crippen molar-refractivity contribution in [1.82, 2.24) is 14.5 Å². The number of carbonyl (C=O) groups excluding carboxylic acids is 1. The highest BCUT2D eigenvalue weighted by Crippen LogP contribution is 2.13. The number of aromatic amines is 1. The number of H-pyrrole nitrogens is 1. The van der Waals surface area contributed by atoms with Gasteiger partial charge < -0.3 is 4.98 Å². The van der Waals surface area contributed by atoms with Crippen LogP contribution in [0.1, 0.15) is 10.5 Å². The zero-order valence-electron chi connectivity index (χ0n) is 9.29. The summed E-state index contributed by atoms with van der Waals surface area (Å²) in [4.78, 5) is 31.6. The second-order valence-corrected chi connectivity index (χ2v) is 4.72. The molecule has 0 bridgehead atoms. The molecule has 0 saturated carbocycles. The van der Waals surface area contributed by atoms with Crippen LogP contribution in [0.2, 0.25) is 0 Å². The van der Waals surface area contributed by atoms with Crippen molar-refractivity contribution in [2.24, 2.45) is 0 Å². The lowest BCUT2D eigenvalue weighted by Crippen LogP contribution is -2.24. The van der Waals surface area contributed by atoms with Crippen molar-refractivity contribution in [2.45, 2.75) is 6.54 Å². The lowest BCUT2D eigenvalue weighted by Gasteiger charge is -2.03. The van der Waals surface area contributed by atoms with Crippen LogP contribution in [0.15, 0.2) is 40.9 Å². The summed E-state index contributed by atoms with van der Waals surface area (Å²) >= 11 is 1.41. The molecule has 0 spiro atoms. The van der Waals surface area contributed by atoms with Gasteiger partial charge in [-0.2, -0.15) is 0 Å². The zero-order valence-corrected chi connectivity index (χ0v) is 10.1. The van der Waals surface area contributed by atoms with Gasteiger partial charge in [-0.05, 0) is 23.6 Å². The number of nitrogens with one attached hydrogen (secondary N) is 1.